The molecule has 0 spiro atoms. The van der Waals surface area contributed by atoms with Crippen molar-refractivity contribution in [3.05, 3.63) is 0 Å². The van der Waals surface area contributed by atoms with Crippen LogP contribution in [-0.4, -0.2) is 24.0 Å². The van der Waals surface area contributed by atoms with E-state index in [1.54, 1.807) is 6.21 Å². The molecule has 44 valence electrons. The molecule has 0 saturated carbocycles. The van der Waals surface area contributed by atoms with Crippen LogP contribution in [0.15, 0.2) is 9.98 Å². The summed E-state index contributed by atoms with van der Waals surface area (Å²) in [7, 11) is 0. The fourth-order valence-corrected chi connectivity index (χ4v) is 0.601. The SMILES string of the molecule is C[C@@H]1N=CN=C[C@H]1Cl. The Morgan fingerprint density at radius 1 is 1.62 bits per heavy atom. The molecule has 0 aromatic heterocycles. The minimum atomic E-state index is -0.0139. The number of nitrogens with zero attached hydrogens (tertiary/aromatic N) is 2. The van der Waals surface area contributed by atoms with Crippen molar-refractivity contribution in [1.82, 2.24) is 0 Å². The molecule has 1 heterocycles. The van der Waals surface area contributed by atoms with E-state index in [-0.39, 0.29) is 11.4 Å². The summed E-state index contributed by atoms with van der Waals surface area (Å²) in [5.74, 6) is 0. The number of hydrogen-bond acceptors (Lipinski definition) is 2. The Morgan fingerprint density at radius 3 is 2.75 bits per heavy atom. The van der Waals surface area contributed by atoms with Gasteiger partial charge in [-0.1, -0.05) is 0 Å². The first kappa shape index (κ1) is 5.76. The molecule has 0 saturated heterocycles. The highest BCUT2D eigenvalue weighted by Gasteiger charge is 2.10. The average Bonchev–Trinajstić information content (AvgIpc) is 1.77. The molecule has 3 heteroatoms. The van der Waals surface area contributed by atoms with Crippen molar-refractivity contribution in [1.29, 1.82) is 0 Å². The van der Waals surface area contributed by atoms with E-state index in [2.05, 4.69) is 9.98 Å². The molecule has 2 nitrogen and oxygen atoms in total. The van der Waals surface area contributed by atoms with Crippen molar-refractivity contribution < 1.29 is 0 Å². The minimum Gasteiger partial charge on any atom is -0.269 e. The molecule has 0 aliphatic carbocycles. The van der Waals surface area contributed by atoms with Gasteiger partial charge in [-0.05, 0) is 6.92 Å². The second-order valence-electron chi connectivity index (χ2n) is 1.75. The number of hydrogen-bond donors (Lipinski definition) is 0. The van der Waals surface area contributed by atoms with E-state index in [1.165, 1.54) is 6.34 Å². The van der Waals surface area contributed by atoms with E-state index in [4.69, 9.17) is 11.6 Å². The molecule has 0 amide bonds. The first-order valence-corrected chi connectivity index (χ1v) is 2.93. The summed E-state index contributed by atoms with van der Waals surface area (Å²) in [6, 6.07) is 0.189. The Morgan fingerprint density at radius 2 is 2.38 bits per heavy atom. The normalized spacial score (nSPS) is 35.8. The van der Waals surface area contributed by atoms with Crippen LogP contribution in [-0.2, 0) is 0 Å². The lowest BCUT2D eigenvalue weighted by Gasteiger charge is -2.09. The summed E-state index contributed by atoms with van der Waals surface area (Å²) in [5, 5.41) is -0.0139. The monoisotopic (exact) mass is 130 g/mol. The molecule has 1 aliphatic rings. The van der Waals surface area contributed by atoms with Crippen LogP contribution in [0, 0.1) is 0 Å². The van der Waals surface area contributed by atoms with Gasteiger partial charge < -0.3 is 0 Å². The second kappa shape index (κ2) is 2.27. The van der Waals surface area contributed by atoms with E-state index in [0.29, 0.717) is 0 Å². The third kappa shape index (κ3) is 1.07. The largest absolute Gasteiger partial charge is 0.269 e. The van der Waals surface area contributed by atoms with Gasteiger partial charge in [0.15, 0.2) is 0 Å². The summed E-state index contributed by atoms with van der Waals surface area (Å²) in [5.41, 5.74) is 0. The first-order chi connectivity index (χ1) is 3.80. The Balaban J connectivity index is 2.59. The molecule has 0 aromatic rings. The van der Waals surface area contributed by atoms with E-state index in [0.717, 1.165) is 0 Å². The van der Waals surface area contributed by atoms with Crippen LogP contribution in [0.3, 0.4) is 0 Å². The number of rotatable bonds is 0. The van der Waals surface area contributed by atoms with Crippen LogP contribution in [0.25, 0.3) is 0 Å². The van der Waals surface area contributed by atoms with Crippen LogP contribution in [0.2, 0.25) is 0 Å². The highest BCUT2D eigenvalue weighted by Crippen LogP contribution is 2.05. The zero-order valence-corrected chi connectivity index (χ0v) is 5.34. The number of alkyl halides is 1. The fourth-order valence-electron chi connectivity index (χ4n) is 0.471. The van der Waals surface area contributed by atoms with Crippen molar-refractivity contribution in [3.63, 3.8) is 0 Å². The highest BCUT2D eigenvalue weighted by molar-refractivity contribution is 6.29. The predicted octanol–water partition coefficient (Wildman–Crippen LogP) is 1.09. The predicted molar refractivity (Wildman–Crippen MR) is 36.1 cm³/mol. The van der Waals surface area contributed by atoms with Gasteiger partial charge >= 0.3 is 0 Å². The van der Waals surface area contributed by atoms with Crippen LogP contribution >= 0.6 is 11.6 Å². The van der Waals surface area contributed by atoms with Crippen LogP contribution in [0.4, 0.5) is 0 Å². The maximum Gasteiger partial charge on any atom is 0.109 e. The lowest BCUT2D eigenvalue weighted by molar-refractivity contribution is 0.789. The standard InChI is InChI=1S/C5H7ClN2/c1-4-5(6)2-7-3-8-4/h2-5H,1H3/t4-,5+/m0/s1. The molecule has 0 bridgehead atoms. The van der Waals surface area contributed by atoms with Gasteiger partial charge in [-0.3, -0.25) is 4.99 Å². The van der Waals surface area contributed by atoms with Crippen molar-refractivity contribution in [2.45, 2.75) is 18.3 Å². The second-order valence-corrected chi connectivity index (χ2v) is 2.25. The van der Waals surface area contributed by atoms with Crippen molar-refractivity contribution in [2.75, 3.05) is 0 Å². The molecule has 0 unspecified atom stereocenters. The first-order valence-electron chi connectivity index (χ1n) is 2.50. The molecular weight excluding hydrogens is 124 g/mol. The van der Waals surface area contributed by atoms with E-state index in [1.807, 2.05) is 6.92 Å². The van der Waals surface area contributed by atoms with Gasteiger partial charge in [-0.2, -0.15) is 0 Å². The minimum absolute atomic E-state index is 0.0139. The Labute approximate surface area is 53.3 Å². The Bertz CT molecular complexity index is 114. The van der Waals surface area contributed by atoms with E-state index >= 15 is 0 Å². The zero-order chi connectivity index (χ0) is 5.98. The molecular formula is C5H7ClN2. The quantitative estimate of drug-likeness (QED) is 0.439. The molecule has 2 atom stereocenters. The molecule has 1 aliphatic heterocycles. The van der Waals surface area contributed by atoms with Gasteiger partial charge in [-0.15, -0.1) is 11.6 Å². The molecule has 0 radical (unpaired) electrons. The third-order valence-electron chi connectivity index (χ3n) is 1.06. The lowest BCUT2D eigenvalue weighted by atomic mass is 10.2. The van der Waals surface area contributed by atoms with Gasteiger partial charge in [0.2, 0.25) is 0 Å². The lowest BCUT2D eigenvalue weighted by Crippen LogP contribution is -2.19. The van der Waals surface area contributed by atoms with Crippen LogP contribution in [0.1, 0.15) is 6.92 Å². The summed E-state index contributed by atoms with van der Waals surface area (Å²) >= 11 is 5.70. The molecule has 0 N–H and O–H groups in total. The summed E-state index contributed by atoms with van der Waals surface area (Å²) < 4.78 is 0. The Hall–Kier alpha value is -0.370. The molecule has 0 aromatic carbocycles. The van der Waals surface area contributed by atoms with Crippen LogP contribution in [0.5, 0.6) is 0 Å². The molecule has 8 heavy (non-hydrogen) atoms. The van der Waals surface area contributed by atoms with Gasteiger partial charge in [0.25, 0.3) is 0 Å². The molecule has 1 rings (SSSR count). The fraction of sp³-hybridized carbons (Fsp3) is 0.600. The third-order valence-corrected chi connectivity index (χ3v) is 1.54. The summed E-state index contributed by atoms with van der Waals surface area (Å²) in [6.07, 6.45) is 3.22. The van der Waals surface area contributed by atoms with Crippen molar-refractivity contribution >= 4 is 24.2 Å². The van der Waals surface area contributed by atoms with Gasteiger partial charge in [0.05, 0.1) is 11.4 Å². The number of halogens is 1. The average molecular weight is 131 g/mol. The Kier molecular flexibility index (Phi) is 1.63. The van der Waals surface area contributed by atoms with Gasteiger partial charge in [0.1, 0.15) is 6.34 Å². The topological polar surface area (TPSA) is 24.7 Å². The highest BCUT2D eigenvalue weighted by atomic mass is 35.5. The maximum atomic E-state index is 5.70. The van der Waals surface area contributed by atoms with Crippen molar-refractivity contribution in [2.24, 2.45) is 9.98 Å². The smallest absolute Gasteiger partial charge is 0.109 e. The van der Waals surface area contributed by atoms with Gasteiger partial charge in [0, 0.05) is 6.21 Å². The number of aliphatic imine (C=N–C) groups is 2. The van der Waals surface area contributed by atoms with Crippen LogP contribution < -0.4 is 0 Å². The maximum absolute atomic E-state index is 5.70. The zero-order valence-electron chi connectivity index (χ0n) is 4.58. The molecule has 0 fully saturated rings. The van der Waals surface area contributed by atoms with E-state index < -0.39 is 0 Å². The van der Waals surface area contributed by atoms with E-state index in [9.17, 15) is 0 Å². The van der Waals surface area contributed by atoms with Gasteiger partial charge in [-0.25, -0.2) is 4.99 Å². The van der Waals surface area contributed by atoms with Crippen molar-refractivity contribution in [3.8, 4) is 0 Å². The summed E-state index contributed by atoms with van der Waals surface area (Å²) in [6.45, 7) is 1.96. The summed E-state index contributed by atoms with van der Waals surface area (Å²) in [4.78, 5) is 7.72.